The summed E-state index contributed by atoms with van der Waals surface area (Å²) in [7, 11) is 4.37. The Morgan fingerprint density at radius 1 is 1.45 bits per heavy atom. The molecule has 112 valence electrons. The lowest BCUT2D eigenvalue weighted by atomic mass is 10.1. The van der Waals surface area contributed by atoms with E-state index in [1.807, 2.05) is 0 Å². The maximum absolute atomic E-state index is 4.69. The Bertz CT molecular complexity index is 432. The molecule has 0 aliphatic carbocycles. The van der Waals surface area contributed by atoms with Gasteiger partial charge in [0.25, 0.3) is 0 Å². The molecule has 4 nitrogen and oxygen atoms in total. The average molecular weight is 276 g/mol. The molecule has 1 aliphatic rings. The van der Waals surface area contributed by atoms with Crippen molar-refractivity contribution in [2.45, 2.75) is 26.8 Å². The van der Waals surface area contributed by atoms with E-state index in [0.717, 1.165) is 37.1 Å². The fraction of sp³-hybridized carbons (Fsp3) is 0.688. The molecule has 0 amide bonds. The summed E-state index contributed by atoms with van der Waals surface area (Å²) in [5.41, 5.74) is 2.43. The van der Waals surface area contributed by atoms with Gasteiger partial charge in [-0.25, -0.2) is 4.98 Å². The fourth-order valence-corrected chi connectivity index (χ4v) is 2.94. The normalized spacial score (nSPS) is 19.5. The number of likely N-dealkylation sites (tertiary alicyclic amines) is 1. The minimum absolute atomic E-state index is 0.768. The molecule has 1 N–H and O–H groups in total. The van der Waals surface area contributed by atoms with E-state index in [9.17, 15) is 0 Å². The Kier molecular flexibility index (Phi) is 5.38. The predicted octanol–water partition coefficient (Wildman–Crippen LogP) is 1.89. The highest BCUT2D eigenvalue weighted by Crippen LogP contribution is 2.19. The smallest absolute Gasteiger partial charge is 0.128 e. The third-order valence-corrected chi connectivity index (χ3v) is 3.99. The van der Waals surface area contributed by atoms with Crippen molar-refractivity contribution in [3.8, 4) is 0 Å². The molecule has 1 aromatic rings. The lowest BCUT2D eigenvalue weighted by Gasteiger charge is -2.23. The number of hydrogen-bond donors (Lipinski definition) is 1. The quantitative estimate of drug-likeness (QED) is 0.860. The third kappa shape index (κ3) is 4.18. The lowest BCUT2D eigenvalue weighted by Crippen LogP contribution is -2.28. The van der Waals surface area contributed by atoms with Gasteiger partial charge < -0.3 is 15.1 Å². The van der Waals surface area contributed by atoms with Gasteiger partial charge in [0, 0.05) is 32.4 Å². The molecule has 2 rings (SSSR count). The number of aromatic nitrogens is 1. The van der Waals surface area contributed by atoms with E-state index in [1.165, 1.54) is 25.1 Å². The monoisotopic (exact) mass is 276 g/mol. The van der Waals surface area contributed by atoms with Crippen molar-refractivity contribution in [3.63, 3.8) is 0 Å². The van der Waals surface area contributed by atoms with Crippen LogP contribution in [0.25, 0.3) is 0 Å². The van der Waals surface area contributed by atoms with E-state index in [0.29, 0.717) is 0 Å². The first kappa shape index (κ1) is 15.3. The zero-order valence-corrected chi connectivity index (χ0v) is 13.3. The summed E-state index contributed by atoms with van der Waals surface area (Å²) in [6.45, 7) is 9.68. The number of hydrogen-bond acceptors (Lipinski definition) is 4. The number of nitrogens with one attached hydrogen (secondary N) is 1. The number of nitrogens with zero attached hydrogens (tertiary/aromatic N) is 3. The van der Waals surface area contributed by atoms with Crippen LogP contribution in [0.5, 0.6) is 0 Å². The lowest BCUT2D eigenvalue weighted by molar-refractivity contribution is 0.395. The maximum Gasteiger partial charge on any atom is 0.128 e. The largest absolute Gasteiger partial charge is 0.359 e. The van der Waals surface area contributed by atoms with Gasteiger partial charge >= 0.3 is 0 Å². The highest BCUT2D eigenvalue weighted by atomic mass is 15.2. The van der Waals surface area contributed by atoms with Crippen molar-refractivity contribution in [1.82, 2.24) is 15.2 Å². The summed E-state index contributed by atoms with van der Waals surface area (Å²) in [5, 5.41) is 3.38. The van der Waals surface area contributed by atoms with Crippen LogP contribution in [-0.2, 0) is 6.54 Å². The first-order valence-electron chi connectivity index (χ1n) is 7.66. The molecule has 0 radical (unpaired) electrons. The second-order valence-electron chi connectivity index (χ2n) is 6.05. The average Bonchev–Trinajstić information content (AvgIpc) is 2.81. The van der Waals surface area contributed by atoms with E-state index in [-0.39, 0.29) is 0 Å². The van der Waals surface area contributed by atoms with Crippen LogP contribution in [0.4, 0.5) is 5.82 Å². The Morgan fingerprint density at radius 3 is 2.90 bits per heavy atom. The molecule has 1 atom stereocenters. The SMILES string of the molecule is CCNCc1cc(C)nc(N(C)CC2CCN(C)C2)c1. The standard InChI is InChI=1S/C16H28N4/c1-5-17-10-15-8-13(2)18-16(9-15)20(4)12-14-6-7-19(3)11-14/h8-9,14,17H,5-7,10-12H2,1-4H3. The third-order valence-electron chi connectivity index (χ3n) is 3.99. The zero-order valence-electron chi connectivity index (χ0n) is 13.3. The Balaban J connectivity index is 2.01. The molecular weight excluding hydrogens is 248 g/mol. The second-order valence-corrected chi connectivity index (χ2v) is 6.05. The molecule has 1 unspecified atom stereocenters. The summed E-state index contributed by atoms with van der Waals surface area (Å²) in [6.07, 6.45) is 1.30. The van der Waals surface area contributed by atoms with Crippen molar-refractivity contribution >= 4 is 5.82 Å². The Labute approximate surface area is 123 Å². The summed E-state index contributed by atoms with van der Waals surface area (Å²) < 4.78 is 0. The summed E-state index contributed by atoms with van der Waals surface area (Å²) in [4.78, 5) is 9.41. The van der Waals surface area contributed by atoms with Crippen LogP contribution in [0.1, 0.15) is 24.6 Å². The number of aryl methyl sites for hydroxylation is 1. The van der Waals surface area contributed by atoms with Gasteiger partial charge in [-0.3, -0.25) is 0 Å². The van der Waals surface area contributed by atoms with Crippen LogP contribution in [0, 0.1) is 12.8 Å². The highest BCUT2D eigenvalue weighted by Gasteiger charge is 2.21. The maximum atomic E-state index is 4.69. The number of anilines is 1. The first-order valence-corrected chi connectivity index (χ1v) is 7.66. The van der Waals surface area contributed by atoms with Gasteiger partial charge in [-0.2, -0.15) is 0 Å². The molecule has 4 heteroatoms. The van der Waals surface area contributed by atoms with Crippen molar-refractivity contribution < 1.29 is 0 Å². The first-order chi connectivity index (χ1) is 9.58. The molecular formula is C16H28N4. The van der Waals surface area contributed by atoms with Crippen molar-refractivity contribution in [2.24, 2.45) is 5.92 Å². The van der Waals surface area contributed by atoms with Crippen LogP contribution in [0.15, 0.2) is 12.1 Å². The van der Waals surface area contributed by atoms with Crippen molar-refractivity contribution in [2.75, 3.05) is 45.2 Å². The van der Waals surface area contributed by atoms with Gasteiger partial charge in [-0.05, 0) is 57.1 Å². The van der Waals surface area contributed by atoms with E-state index in [1.54, 1.807) is 0 Å². The molecule has 0 aromatic carbocycles. The van der Waals surface area contributed by atoms with Gasteiger partial charge in [0.15, 0.2) is 0 Å². The molecule has 2 heterocycles. The molecule has 1 aromatic heterocycles. The summed E-state index contributed by atoms with van der Waals surface area (Å²) in [5.74, 6) is 1.87. The van der Waals surface area contributed by atoms with Crippen LogP contribution >= 0.6 is 0 Å². The van der Waals surface area contributed by atoms with E-state index in [2.05, 4.69) is 60.2 Å². The predicted molar refractivity (Wildman–Crippen MR) is 85.2 cm³/mol. The second kappa shape index (κ2) is 7.04. The molecule has 1 fully saturated rings. The number of pyridine rings is 1. The van der Waals surface area contributed by atoms with E-state index < -0.39 is 0 Å². The van der Waals surface area contributed by atoms with Crippen LogP contribution in [-0.4, -0.2) is 50.2 Å². The van der Waals surface area contributed by atoms with Gasteiger partial charge in [0.05, 0.1) is 0 Å². The minimum Gasteiger partial charge on any atom is -0.359 e. The minimum atomic E-state index is 0.768. The Hall–Kier alpha value is -1.13. The van der Waals surface area contributed by atoms with Gasteiger partial charge in [-0.15, -0.1) is 0 Å². The molecule has 0 spiro atoms. The van der Waals surface area contributed by atoms with Gasteiger partial charge in [-0.1, -0.05) is 6.92 Å². The van der Waals surface area contributed by atoms with Crippen molar-refractivity contribution in [3.05, 3.63) is 23.4 Å². The fourth-order valence-electron chi connectivity index (χ4n) is 2.94. The van der Waals surface area contributed by atoms with Crippen LogP contribution < -0.4 is 10.2 Å². The molecule has 1 aliphatic heterocycles. The number of rotatable bonds is 6. The van der Waals surface area contributed by atoms with Crippen LogP contribution in [0.2, 0.25) is 0 Å². The van der Waals surface area contributed by atoms with E-state index in [4.69, 9.17) is 0 Å². The van der Waals surface area contributed by atoms with Crippen LogP contribution in [0.3, 0.4) is 0 Å². The molecule has 1 saturated heterocycles. The topological polar surface area (TPSA) is 31.4 Å². The molecule has 20 heavy (non-hydrogen) atoms. The zero-order chi connectivity index (χ0) is 14.5. The molecule has 0 bridgehead atoms. The summed E-state index contributed by atoms with van der Waals surface area (Å²) >= 11 is 0. The van der Waals surface area contributed by atoms with E-state index >= 15 is 0 Å². The summed E-state index contributed by atoms with van der Waals surface area (Å²) in [6, 6.07) is 4.39. The van der Waals surface area contributed by atoms with Gasteiger partial charge in [0.1, 0.15) is 5.82 Å². The van der Waals surface area contributed by atoms with Crippen molar-refractivity contribution in [1.29, 1.82) is 0 Å². The molecule has 0 saturated carbocycles. The van der Waals surface area contributed by atoms with Gasteiger partial charge in [0.2, 0.25) is 0 Å². The Morgan fingerprint density at radius 2 is 2.25 bits per heavy atom. The highest BCUT2D eigenvalue weighted by molar-refractivity contribution is 5.42.